The van der Waals surface area contributed by atoms with Crippen molar-refractivity contribution in [2.24, 2.45) is 0 Å². The van der Waals surface area contributed by atoms with Crippen LogP contribution >= 0.6 is 27.3 Å². The second kappa shape index (κ2) is 5.86. The molecule has 1 aliphatic rings. The van der Waals surface area contributed by atoms with Crippen LogP contribution in [0.15, 0.2) is 10.7 Å². The van der Waals surface area contributed by atoms with E-state index in [4.69, 9.17) is 0 Å². The van der Waals surface area contributed by atoms with Gasteiger partial charge in [0, 0.05) is 4.88 Å². The van der Waals surface area contributed by atoms with Crippen LogP contribution in [0.4, 0.5) is 5.00 Å². The number of nitrogens with one attached hydrogen (secondary N) is 1. The quantitative estimate of drug-likeness (QED) is 0.886. The Hall–Kier alpha value is -1.65. The third-order valence-corrected chi connectivity index (χ3v) is 5.99. The topological polar surface area (TPSA) is 70.7 Å². The predicted octanol–water partition coefficient (Wildman–Crippen LogP) is 3.58. The van der Waals surface area contributed by atoms with E-state index in [2.05, 4.69) is 32.4 Å². The largest absolute Gasteiger partial charge is 0.315 e. The van der Waals surface area contributed by atoms with E-state index in [1.165, 1.54) is 16.2 Å². The fourth-order valence-electron chi connectivity index (χ4n) is 2.73. The van der Waals surface area contributed by atoms with Crippen LogP contribution in [0.5, 0.6) is 0 Å². The van der Waals surface area contributed by atoms with E-state index in [1.54, 1.807) is 17.8 Å². The van der Waals surface area contributed by atoms with Crippen LogP contribution in [0.25, 0.3) is 0 Å². The molecule has 1 aliphatic carbocycles. The van der Waals surface area contributed by atoms with Crippen molar-refractivity contribution in [3.05, 3.63) is 32.4 Å². The van der Waals surface area contributed by atoms with Crippen LogP contribution in [0.1, 0.15) is 41.1 Å². The number of nitriles is 1. The second-order valence-electron chi connectivity index (χ2n) is 5.36. The number of nitrogens with zero attached hydrogens (tertiary/aromatic N) is 3. The average Bonchev–Trinajstić information content (AvgIpc) is 3.14. The molecule has 1 atom stereocenters. The van der Waals surface area contributed by atoms with Gasteiger partial charge in [-0.2, -0.15) is 10.4 Å². The number of rotatable bonds is 3. The normalized spacial score (nSPS) is 14.5. The zero-order valence-electron chi connectivity index (χ0n) is 12.3. The highest BCUT2D eigenvalue weighted by Gasteiger charge is 2.25. The van der Waals surface area contributed by atoms with Gasteiger partial charge in [0.2, 0.25) is 5.91 Å². The summed E-state index contributed by atoms with van der Waals surface area (Å²) in [4.78, 5) is 13.7. The average molecular weight is 379 g/mol. The maximum Gasteiger partial charge on any atom is 0.249 e. The predicted molar refractivity (Wildman–Crippen MR) is 89.1 cm³/mol. The molecule has 1 N–H and O–H groups in total. The molecule has 22 heavy (non-hydrogen) atoms. The summed E-state index contributed by atoms with van der Waals surface area (Å²) in [5.41, 5.74) is 2.65. The van der Waals surface area contributed by atoms with Crippen LogP contribution in [-0.2, 0) is 17.6 Å². The number of carbonyl (C=O) groups is 1. The number of anilines is 1. The first-order valence-corrected chi connectivity index (χ1v) is 8.69. The van der Waals surface area contributed by atoms with Gasteiger partial charge >= 0.3 is 0 Å². The molecular weight excluding hydrogens is 364 g/mol. The first-order chi connectivity index (χ1) is 10.5. The van der Waals surface area contributed by atoms with Gasteiger partial charge in [0.05, 0.1) is 21.9 Å². The molecule has 0 saturated carbocycles. The van der Waals surface area contributed by atoms with E-state index in [9.17, 15) is 10.1 Å². The van der Waals surface area contributed by atoms with Crippen molar-refractivity contribution in [3.8, 4) is 6.07 Å². The minimum atomic E-state index is -0.435. The van der Waals surface area contributed by atoms with Gasteiger partial charge in [-0.15, -0.1) is 11.3 Å². The number of halogens is 1. The zero-order valence-corrected chi connectivity index (χ0v) is 14.7. The number of aromatic nitrogens is 2. The van der Waals surface area contributed by atoms with E-state index >= 15 is 0 Å². The van der Waals surface area contributed by atoms with Crippen molar-refractivity contribution in [1.29, 1.82) is 5.26 Å². The molecule has 0 bridgehead atoms. The monoisotopic (exact) mass is 378 g/mol. The van der Waals surface area contributed by atoms with Crippen molar-refractivity contribution >= 4 is 38.2 Å². The molecule has 1 unspecified atom stereocenters. The molecule has 0 saturated heterocycles. The maximum atomic E-state index is 12.5. The van der Waals surface area contributed by atoms with E-state index < -0.39 is 6.04 Å². The van der Waals surface area contributed by atoms with E-state index in [1.807, 2.05) is 6.92 Å². The summed E-state index contributed by atoms with van der Waals surface area (Å²) >= 11 is 4.93. The van der Waals surface area contributed by atoms with Crippen molar-refractivity contribution in [3.63, 3.8) is 0 Å². The lowest BCUT2D eigenvalue weighted by Gasteiger charge is -2.14. The number of carbonyl (C=O) groups excluding carboxylic acids is 1. The molecule has 5 nitrogen and oxygen atoms in total. The summed E-state index contributed by atoms with van der Waals surface area (Å²) in [6.45, 7) is 3.70. The lowest BCUT2D eigenvalue weighted by atomic mass is 10.1. The van der Waals surface area contributed by atoms with Crippen LogP contribution < -0.4 is 5.32 Å². The van der Waals surface area contributed by atoms with Gasteiger partial charge in [0.15, 0.2) is 0 Å². The fraction of sp³-hybridized carbons (Fsp3) is 0.400. The Morgan fingerprint density at radius 2 is 2.36 bits per heavy atom. The molecular formula is C15H15BrN4OS. The zero-order chi connectivity index (χ0) is 15.9. The summed E-state index contributed by atoms with van der Waals surface area (Å²) in [5, 5.41) is 17.2. The summed E-state index contributed by atoms with van der Waals surface area (Å²) in [6, 6.07) is 1.81. The number of thiophene rings is 1. The van der Waals surface area contributed by atoms with Crippen molar-refractivity contribution in [2.45, 2.75) is 39.2 Å². The number of fused-ring (bicyclic) bond motifs is 1. The molecule has 2 heterocycles. The molecule has 0 aliphatic heterocycles. The smallest absolute Gasteiger partial charge is 0.249 e. The highest BCUT2D eigenvalue weighted by molar-refractivity contribution is 9.10. The first-order valence-electron chi connectivity index (χ1n) is 7.08. The minimum absolute atomic E-state index is 0.157. The third-order valence-electron chi connectivity index (χ3n) is 4.00. The summed E-state index contributed by atoms with van der Waals surface area (Å²) < 4.78 is 2.55. The standard InChI is InChI=1S/C15H15BrN4OS/c1-8-12(16)7-18-20(8)9(2)14(21)19-15-11(6-17)10-4-3-5-13(10)22-15/h7,9H,3-5H2,1-2H3,(H,19,21). The Labute approximate surface area is 141 Å². The number of amides is 1. The van der Waals surface area contributed by atoms with Crippen LogP contribution in [0.3, 0.4) is 0 Å². The molecule has 0 spiro atoms. The van der Waals surface area contributed by atoms with Gasteiger partial charge in [-0.05, 0) is 54.6 Å². The molecule has 0 aromatic carbocycles. The number of aryl methyl sites for hydroxylation is 1. The van der Waals surface area contributed by atoms with Gasteiger partial charge in [0.1, 0.15) is 17.1 Å². The Balaban J connectivity index is 1.83. The van der Waals surface area contributed by atoms with Crippen molar-refractivity contribution in [1.82, 2.24) is 9.78 Å². The molecule has 2 aromatic heterocycles. The maximum absolute atomic E-state index is 12.5. The van der Waals surface area contributed by atoms with Gasteiger partial charge in [-0.3, -0.25) is 9.48 Å². The van der Waals surface area contributed by atoms with Crippen molar-refractivity contribution in [2.75, 3.05) is 5.32 Å². The van der Waals surface area contributed by atoms with E-state index in [0.29, 0.717) is 10.6 Å². The second-order valence-corrected chi connectivity index (χ2v) is 7.32. The molecule has 1 amide bonds. The SMILES string of the molecule is Cc1c(Br)cnn1C(C)C(=O)Nc1sc2c(c1C#N)CCC2. The van der Waals surface area contributed by atoms with Gasteiger partial charge in [-0.1, -0.05) is 0 Å². The Bertz CT molecular complexity index is 786. The minimum Gasteiger partial charge on any atom is -0.315 e. The lowest BCUT2D eigenvalue weighted by Crippen LogP contribution is -2.25. The van der Waals surface area contributed by atoms with Gasteiger partial charge in [0.25, 0.3) is 0 Å². The highest BCUT2D eigenvalue weighted by atomic mass is 79.9. The highest BCUT2D eigenvalue weighted by Crippen LogP contribution is 2.38. The van der Waals surface area contributed by atoms with Crippen LogP contribution in [0.2, 0.25) is 0 Å². The van der Waals surface area contributed by atoms with Crippen LogP contribution in [-0.4, -0.2) is 15.7 Å². The Kier molecular flexibility index (Phi) is 4.06. The van der Waals surface area contributed by atoms with E-state index in [-0.39, 0.29) is 5.91 Å². The molecule has 7 heteroatoms. The number of hydrogen-bond acceptors (Lipinski definition) is 4. The van der Waals surface area contributed by atoms with E-state index in [0.717, 1.165) is 35.0 Å². The molecule has 0 fully saturated rings. The summed E-state index contributed by atoms with van der Waals surface area (Å²) in [6.07, 6.45) is 4.72. The molecule has 114 valence electrons. The van der Waals surface area contributed by atoms with Crippen molar-refractivity contribution < 1.29 is 4.79 Å². The first kappa shape index (κ1) is 15.3. The third kappa shape index (κ3) is 2.46. The summed E-state index contributed by atoms with van der Waals surface area (Å²) in [5.74, 6) is -0.157. The van der Waals surface area contributed by atoms with Crippen LogP contribution in [0, 0.1) is 18.3 Å². The Morgan fingerprint density at radius 3 is 3.00 bits per heavy atom. The molecule has 2 aromatic rings. The fourth-order valence-corrected chi connectivity index (χ4v) is 4.25. The van der Waals surface area contributed by atoms with Gasteiger partial charge < -0.3 is 5.32 Å². The lowest BCUT2D eigenvalue weighted by molar-refractivity contribution is -0.119. The molecule has 3 rings (SSSR count). The van der Waals surface area contributed by atoms with Gasteiger partial charge in [-0.25, -0.2) is 0 Å². The number of hydrogen-bond donors (Lipinski definition) is 1. The summed E-state index contributed by atoms with van der Waals surface area (Å²) in [7, 11) is 0. The Morgan fingerprint density at radius 1 is 1.59 bits per heavy atom. The molecule has 0 radical (unpaired) electrons.